The second-order valence-electron chi connectivity index (χ2n) is 4.87. The van der Waals surface area contributed by atoms with Crippen LogP contribution in [0.25, 0.3) is 0 Å². The van der Waals surface area contributed by atoms with E-state index in [1.165, 1.54) is 11.1 Å². The van der Waals surface area contributed by atoms with E-state index >= 15 is 0 Å². The van der Waals surface area contributed by atoms with Gasteiger partial charge in [-0.1, -0.05) is 41.9 Å². The zero-order valence-corrected chi connectivity index (χ0v) is 11.7. The van der Waals surface area contributed by atoms with Crippen molar-refractivity contribution >= 4 is 17.5 Å². The number of hydrogen-bond acceptors (Lipinski definition) is 2. The second kappa shape index (κ2) is 5.65. The molecule has 3 rings (SSSR count). The summed E-state index contributed by atoms with van der Waals surface area (Å²) in [4.78, 5) is 12.1. The third kappa shape index (κ3) is 2.69. The van der Waals surface area contributed by atoms with E-state index in [4.69, 9.17) is 11.6 Å². The molecule has 4 heteroatoms. The standard InChI is InChI=1S/C16H15ClN2O/c17-15-4-2-1-3-14(15)16(20)19-8-11-5-6-12-9-18-10-13(12)7-11/h1-7,18H,8-10H2,(H,19,20). The number of amides is 1. The molecule has 1 aliphatic heterocycles. The highest BCUT2D eigenvalue weighted by Crippen LogP contribution is 2.18. The van der Waals surface area contributed by atoms with Gasteiger partial charge in [-0.25, -0.2) is 0 Å². The van der Waals surface area contributed by atoms with Crippen LogP contribution in [0, 0.1) is 0 Å². The summed E-state index contributed by atoms with van der Waals surface area (Å²) < 4.78 is 0. The molecule has 102 valence electrons. The number of nitrogens with one attached hydrogen (secondary N) is 2. The maximum atomic E-state index is 12.1. The quantitative estimate of drug-likeness (QED) is 0.911. The van der Waals surface area contributed by atoms with Gasteiger partial charge in [-0.3, -0.25) is 4.79 Å². The van der Waals surface area contributed by atoms with Gasteiger partial charge >= 0.3 is 0 Å². The van der Waals surface area contributed by atoms with Gasteiger partial charge in [0.05, 0.1) is 10.6 Å². The molecule has 0 aliphatic carbocycles. The highest BCUT2D eigenvalue weighted by Gasteiger charge is 2.12. The molecule has 0 bridgehead atoms. The number of carbonyl (C=O) groups is 1. The molecule has 0 fully saturated rings. The largest absolute Gasteiger partial charge is 0.348 e. The Balaban J connectivity index is 1.68. The minimum absolute atomic E-state index is 0.144. The van der Waals surface area contributed by atoms with Crippen LogP contribution in [0.5, 0.6) is 0 Å². The van der Waals surface area contributed by atoms with E-state index < -0.39 is 0 Å². The maximum Gasteiger partial charge on any atom is 0.253 e. The molecule has 2 aromatic carbocycles. The summed E-state index contributed by atoms with van der Waals surface area (Å²) >= 11 is 6.01. The minimum atomic E-state index is -0.144. The Morgan fingerprint density at radius 2 is 1.95 bits per heavy atom. The molecule has 20 heavy (non-hydrogen) atoms. The first-order chi connectivity index (χ1) is 9.74. The zero-order chi connectivity index (χ0) is 13.9. The van der Waals surface area contributed by atoms with Crippen LogP contribution < -0.4 is 10.6 Å². The molecular formula is C16H15ClN2O. The molecule has 3 nitrogen and oxygen atoms in total. The highest BCUT2D eigenvalue weighted by molar-refractivity contribution is 6.33. The number of benzene rings is 2. The normalized spacial score (nSPS) is 13.1. The van der Waals surface area contributed by atoms with Gasteiger partial charge < -0.3 is 10.6 Å². The van der Waals surface area contributed by atoms with Gasteiger partial charge in [-0.2, -0.15) is 0 Å². The van der Waals surface area contributed by atoms with Crippen molar-refractivity contribution in [3.05, 3.63) is 69.7 Å². The summed E-state index contributed by atoms with van der Waals surface area (Å²) in [6.45, 7) is 2.35. The number of carbonyl (C=O) groups excluding carboxylic acids is 1. The van der Waals surface area contributed by atoms with Crippen molar-refractivity contribution in [1.82, 2.24) is 10.6 Å². The Labute approximate surface area is 123 Å². The Hall–Kier alpha value is -1.84. The topological polar surface area (TPSA) is 41.1 Å². The number of halogens is 1. The summed E-state index contributed by atoms with van der Waals surface area (Å²) in [7, 11) is 0. The van der Waals surface area contributed by atoms with Gasteiger partial charge in [-0.05, 0) is 28.8 Å². The zero-order valence-electron chi connectivity index (χ0n) is 10.9. The first-order valence-electron chi connectivity index (χ1n) is 6.58. The fourth-order valence-corrected chi connectivity index (χ4v) is 2.60. The molecule has 2 N–H and O–H groups in total. The van der Waals surface area contributed by atoms with Crippen LogP contribution in [-0.4, -0.2) is 5.91 Å². The van der Waals surface area contributed by atoms with Crippen molar-refractivity contribution in [2.75, 3.05) is 0 Å². The van der Waals surface area contributed by atoms with Gasteiger partial charge in [0.1, 0.15) is 0 Å². The Morgan fingerprint density at radius 3 is 2.80 bits per heavy atom. The van der Waals surface area contributed by atoms with E-state index in [0.29, 0.717) is 17.1 Å². The number of hydrogen-bond donors (Lipinski definition) is 2. The van der Waals surface area contributed by atoms with Crippen LogP contribution in [0.1, 0.15) is 27.0 Å². The van der Waals surface area contributed by atoms with E-state index in [9.17, 15) is 4.79 Å². The van der Waals surface area contributed by atoms with Crippen LogP contribution in [0.4, 0.5) is 0 Å². The molecule has 1 heterocycles. The summed E-state index contributed by atoms with van der Waals surface area (Å²) in [5.41, 5.74) is 4.27. The Kier molecular flexibility index (Phi) is 3.72. The molecule has 0 spiro atoms. The third-order valence-corrected chi connectivity index (χ3v) is 3.80. The molecule has 0 saturated carbocycles. The fraction of sp³-hybridized carbons (Fsp3) is 0.188. The highest BCUT2D eigenvalue weighted by atomic mass is 35.5. The van der Waals surface area contributed by atoms with Gasteiger partial charge in [0, 0.05) is 19.6 Å². The smallest absolute Gasteiger partial charge is 0.253 e. The first-order valence-corrected chi connectivity index (χ1v) is 6.96. The maximum absolute atomic E-state index is 12.1. The predicted octanol–water partition coefficient (Wildman–Crippen LogP) is 2.87. The van der Waals surface area contributed by atoms with Crippen LogP contribution in [0.2, 0.25) is 5.02 Å². The van der Waals surface area contributed by atoms with Gasteiger partial charge in [0.15, 0.2) is 0 Å². The van der Waals surface area contributed by atoms with E-state index in [2.05, 4.69) is 28.8 Å². The van der Waals surface area contributed by atoms with Gasteiger partial charge in [-0.15, -0.1) is 0 Å². The molecule has 0 saturated heterocycles. The molecule has 0 atom stereocenters. The van der Waals surface area contributed by atoms with Gasteiger partial charge in [0.25, 0.3) is 5.91 Å². The fourth-order valence-electron chi connectivity index (χ4n) is 2.38. The first kappa shape index (κ1) is 13.2. The average Bonchev–Trinajstić information content (AvgIpc) is 2.92. The number of fused-ring (bicyclic) bond motifs is 1. The van der Waals surface area contributed by atoms with Crippen molar-refractivity contribution in [2.45, 2.75) is 19.6 Å². The van der Waals surface area contributed by atoms with Crippen LogP contribution in [0.15, 0.2) is 42.5 Å². The van der Waals surface area contributed by atoms with Crippen molar-refractivity contribution in [2.24, 2.45) is 0 Å². The SMILES string of the molecule is O=C(NCc1ccc2c(c1)CNC2)c1ccccc1Cl. The van der Waals surface area contributed by atoms with Gasteiger partial charge in [0.2, 0.25) is 0 Å². The second-order valence-corrected chi connectivity index (χ2v) is 5.28. The molecule has 1 amide bonds. The summed E-state index contributed by atoms with van der Waals surface area (Å²) in [6.07, 6.45) is 0. The lowest BCUT2D eigenvalue weighted by Crippen LogP contribution is -2.23. The number of rotatable bonds is 3. The lowest BCUT2D eigenvalue weighted by molar-refractivity contribution is 0.0951. The molecule has 0 unspecified atom stereocenters. The lowest BCUT2D eigenvalue weighted by atomic mass is 10.1. The molecule has 2 aromatic rings. The molecule has 0 radical (unpaired) electrons. The molecular weight excluding hydrogens is 272 g/mol. The summed E-state index contributed by atoms with van der Waals surface area (Å²) in [6, 6.07) is 13.4. The summed E-state index contributed by atoms with van der Waals surface area (Å²) in [5.74, 6) is -0.144. The summed E-state index contributed by atoms with van der Waals surface area (Å²) in [5, 5.41) is 6.69. The van der Waals surface area contributed by atoms with Crippen LogP contribution in [0.3, 0.4) is 0 Å². The van der Waals surface area contributed by atoms with Crippen molar-refractivity contribution in [1.29, 1.82) is 0 Å². The van der Waals surface area contributed by atoms with E-state index in [1.807, 2.05) is 12.1 Å². The molecule has 1 aliphatic rings. The van der Waals surface area contributed by atoms with Crippen LogP contribution >= 0.6 is 11.6 Å². The Morgan fingerprint density at radius 1 is 1.15 bits per heavy atom. The lowest BCUT2D eigenvalue weighted by Gasteiger charge is -2.08. The minimum Gasteiger partial charge on any atom is -0.348 e. The third-order valence-electron chi connectivity index (χ3n) is 3.47. The van der Waals surface area contributed by atoms with Crippen molar-refractivity contribution < 1.29 is 4.79 Å². The average molecular weight is 287 g/mol. The van der Waals surface area contributed by atoms with E-state index in [0.717, 1.165) is 18.7 Å². The van der Waals surface area contributed by atoms with Crippen LogP contribution in [-0.2, 0) is 19.6 Å². The van der Waals surface area contributed by atoms with E-state index in [-0.39, 0.29) is 5.91 Å². The monoisotopic (exact) mass is 286 g/mol. The molecule has 0 aromatic heterocycles. The van der Waals surface area contributed by atoms with Crippen molar-refractivity contribution in [3.8, 4) is 0 Å². The Bertz CT molecular complexity index is 655. The predicted molar refractivity (Wildman–Crippen MR) is 79.6 cm³/mol. The van der Waals surface area contributed by atoms with Crippen molar-refractivity contribution in [3.63, 3.8) is 0 Å². The van der Waals surface area contributed by atoms with E-state index in [1.54, 1.807) is 12.1 Å².